The molecule has 5 nitrogen and oxygen atoms in total. The highest BCUT2D eigenvalue weighted by Crippen LogP contribution is 2.17. The van der Waals surface area contributed by atoms with E-state index >= 15 is 0 Å². The molecule has 0 bridgehead atoms. The van der Waals surface area contributed by atoms with Gasteiger partial charge in [0.15, 0.2) is 5.78 Å². The molecule has 6 heteroatoms. The summed E-state index contributed by atoms with van der Waals surface area (Å²) in [6.07, 6.45) is 3.20. The van der Waals surface area contributed by atoms with E-state index < -0.39 is 10.0 Å². The predicted molar refractivity (Wildman–Crippen MR) is 108 cm³/mol. The van der Waals surface area contributed by atoms with Gasteiger partial charge in [-0.15, -0.1) is 0 Å². The zero-order valence-corrected chi connectivity index (χ0v) is 16.7. The van der Waals surface area contributed by atoms with Gasteiger partial charge in [0.1, 0.15) is 5.75 Å². The second-order valence-electron chi connectivity index (χ2n) is 5.81. The van der Waals surface area contributed by atoms with E-state index in [-0.39, 0.29) is 10.7 Å². The lowest BCUT2D eigenvalue weighted by Crippen LogP contribution is -2.30. The molecule has 0 fully saturated rings. The monoisotopic (exact) mass is 387 g/mol. The summed E-state index contributed by atoms with van der Waals surface area (Å²) in [5.74, 6) is 0.599. The number of hydrogen-bond donors (Lipinski definition) is 0. The number of ether oxygens (including phenoxy) is 1. The highest BCUT2D eigenvalue weighted by atomic mass is 32.2. The largest absolute Gasteiger partial charge is 0.494 e. The van der Waals surface area contributed by atoms with E-state index in [0.29, 0.717) is 25.3 Å². The Morgan fingerprint density at radius 3 is 2.07 bits per heavy atom. The van der Waals surface area contributed by atoms with Gasteiger partial charge in [0.25, 0.3) is 0 Å². The molecule has 2 aromatic carbocycles. The Morgan fingerprint density at radius 2 is 1.56 bits per heavy atom. The van der Waals surface area contributed by atoms with Crippen LogP contribution in [0.2, 0.25) is 0 Å². The molecule has 0 atom stereocenters. The standard InChI is InChI=1S/C21H25NO4S/c1-4-22(5-2)27(24,25)20-14-10-18(11-15-20)21(23)16-9-17-7-12-19(13-8-17)26-6-3/h7-16H,4-6H2,1-3H3/b16-9+. The smallest absolute Gasteiger partial charge is 0.243 e. The van der Waals surface area contributed by atoms with E-state index in [1.54, 1.807) is 32.1 Å². The maximum Gasteiger partial charge on any atom is 0.243 e. The third-order valence-electron chi connectivity index (χ3n) is 4.10. The molecule has 0 aliphatic carbocycles. The van der Waals surface area contributed by atoms with Crippen molar-refractivity contribution >= 4 is 21.9 Å². The maximum atomic E-state index is 12.5. The number of carbonyl (C=O) groups is 1. The Morgan fingerprint density at radius 1 is 0.963 bits per heavy atom. The Bertz CT molecular complexity index is 881. The molecule has 2 aromatic rings. The molecule has 2 rings (SSSR count). The summed E-state index contributed by atoms with van der Waals surface area (Å²) in [4.78, 5) is 12.5. The van der Waals surface area contributed by atoms with Crippen molar-refractivity contribution < 1.29 is 17.9 Å². The van der Waals surface area contributed by atoms with Gasteiger partial charge >= 0.3 is 0 Å². The summed E-state index contributed by atoms with van der Waals surface area (Å²) in [7, 11) is -3.52. The first-order valence-electron chi connectivity index (χ1n) is 8.97. The number of sulfonamides is 1. The summed E-state index contributed by atoms with van der Waals surface area (Å²) < 4.78 is 31.7. The summed E-state index contributed by atoms with van der Waals surface area (Å²) in [5.41, 5.74) is 1.32. The number of allylic oxidation sites excluding steroid dienone is 1. The normalized spacial score (nSPS) is 11.9. The molecule has 0 aliphatic heterocycles. The van der Waals surface area contributed by atoms with Crippen molar-refractivity contribution in [2.45, 2.75) is 25.7 Å². The van der Waals surface area contributed by atoms with E-state index in [4.69, 9.17) is 4.74 Å². The number of benzene rings is 2. The summed E-state index contributed by atoms with van der Waals surface area (Å²) in [6.45, 7) is 6.93. The molecule has 144 valence electrons. The molecule has 0 aliphatic rings. The molecule has 0 heterocycles. The average Bonchev–Trinajstić information content (AvgIpc) is 2.68. The molecule has 0 radical (unpaired) electrons. The van der Waals surface area contributed by atoms with Crippen LogP contribution in [0.4, 0.5) is 0 Å². The Hall–Kier alpha value is -2.44. The van der Waals surface area contributed by atoms with E-state index in [2.05, 4.69) is 0 Å². The Kier molecular flexibility index (Phi) is 7.33. The third-order valence-corrected chi connectivity index (χ3v) is 6.16. The molecule has 0 aromatic heterocycles. The first-order valence-corrected chi connectivity index (χ1v) is 10.4. The minimum atomic E-state index is -3.52. The minimum Gasteiger partial charge on any atom is -0.494 e. The molecule has 0 saturated heterocycles. The highest BCUT2D eigenvalue weighted by Gasteiger charge is 2.21. The minimum absolute atomic E-state index is 0.185. The second kappa shape index (κ2) is 9.48. The lowest BCUT2D eigenvalue weighted by molar-refractivity contribution is 0.104. The summed E-state index contributed by atoms with van der Waals surface area (Å²) in [6, 6.07) is 13.5. The molecule has 0 saturated carbocycles. The molecule has 0 N–H and O–H groups in total. The quantitative estimate of drug-likeness (QED) is 0.482. The topological polar surface area (TPSA) is 63.7 Å². The van der Waals surface area contributed by atoms with Crippen LogP contribution in [0.3, 0.4) is 0 Å². The van der Waals surface area contributed by atoms with Crippen molar-refractivity contribution in [2.75, 3.05) is 19.7 Å². The maximum absolute atomic E-state index is 12.5. The van der Waals surface area contributed by atoms with Gasteiger partial charge < -0.3 is 4.74 Å². The third kappa shape index (κ3) is 5.28. The fourth-order valence-electron chi connectivity index (χ4n) is 2.61. The highest BCUT2D eigenvalue weighted by molar-refractivity contribution is 7.89. The molecular weight excluding hydrogens is 362 g/mol. The molecule has 0 spiro atoms. The number of rotatable bonds is 9. The van der Waals surface area contributed by atoms with E-state index in [9.17, 15) is 13.2 Å². The Balaban J connectivity index is 2.11. The van der Waals surface area contributed by atoms with Gasteiger partial charge in [-0.05, 0) is 55.0 Å². The van der Waals surface area contributed by atoms with Gasteiger partial charge in [0, 0.05) is 18.7 Å². The van der Waals surface area contributed by atoms with Crippen molar-refractivity contribution in [1.29, 1.82) is 0 Å². The predicted octanol–water partition coefficient (Wildman–Crippen LogP) is 4.01. The lowest BCUT2D eigenvalue weighted by Gasteiger charge is -2.18. The van der Waals surface area contributed by atoms with Gasteiger partial charge in [-0.1, -0.05) is 32.1 Å². The van der Waals surface area contributed by atoms with Crippen LogP contribution in [0.25, 0.3) is 6.08 Å². The van der Waals surface area contributed by atoms with Gasteiger partial charge in [-0.2, -0.15) is 4.31 Å². The van der Waals surface area contributed by atoms with Crippen LogP contribution in [0.5, 0.6) is 5.75 Å². The summed E-state index contributed by atoms with van der Waals surface area (Å²) >= 11 is 0. The van der Waals surface area contributed by atoms with Crippen molar-refractivity contribution in [3.63, 3.8) is 0 Å². The number of carbonyl (C=O) groups excluding carboxylic acids is 1. The molecule has 0 unspecified atom stereocenters. The van der Waals surface area contributed by atoms with Crippen LogP contribution < -0.4 is 4.74 Å². The van der Waals surface area contributed by atoms with E-state index in [0.717, 1.165) is 11.3 Å². The Labute approximate surface area is 161 Å². The van der Waals surface area contributed by atoms with E-state index in [1.807, 2.05) is 31.2 Å². The van der Waals surface area contributed by atoms with Crippen molar-refractivity contribution in [1.82, 2.24) is 4.31 Å². The van der Waals surface area contributed by atoms with Gasteiger partial charge in [0.2, 0.25) is 10.0 Å². The van der Waals surface area contributed by atoms with Crippen LogP contribution in [0.1, 0.15) is 36.7 Å². The van der Waals surface area contributed by atoms with Crippen LogP contribution in [0.15, 0.2) is 59.5 Å². The second-order valence-corrected chi connectivity index (χ2v) is 7.75. The number of hydrogen-bond acceptors (Lipinski definition) is 4. The van der Waals surface area contributed by atoms with Gasteiger partial charge in [-0.25, -0.2) is 8.42 Å². The van der Waals surface area contributed by atoms with Crippen molar-refractivity contribution in [2.24, 2.45) is 0 Å². The zero-order valence-electron chi connectivity index (χ0n) is 15.9. The van der Waals surface area contributed by atoms with E-state index in [1.165, 1.54) is 22.5 Å². The summed E-state index contributed by atoms with van der Waals surface area (Å²) in [5, 5.41) is 0. The first kappa shape index (κ1) is 20.9. The van der Waals surface area contributed by atoms with Crippen molar-refractivity contribution in [3.05, 3.63) is 65.7 Å². The number of nitrogens with zero attached hydrogens (tertiary/aromatic N) is 1. The first-order chi connectivity index (χ1) is 12.9. The zero-order chi connectivity index (χ0) is 19.9. The average molecular weight is 388 g/mol. The molecule has 27 heavy (non-hydrogen) atoms. The lowest BCUT2D eigenvalue weighted by atomic mass is 10.1. The van der Waals surface area contributed by atoms with Gasteiger partial charge in [-0.3, -0.25) is 4.79 Å². The van der Waals surface area contributed by atoms with Crippen LogP contribution in [-0.4, -0.2) is 38.2 Å². The van der Waals surface area contributed by atoms with Crippen LogP contribution in [-0.2, 0) is 10.0 Å². The van der Waals surface area contributed by atoms with Crippen LogP contribution in [0, 0.1) is 0 Å². The van der Waals surface area contributed by atoms with Crippen LogP contribution >= 0.6 is 0 Å². The van der Waals surface area contributed by atoms with Crippen molar-refractivity contribution in [3.8, 4) is 5.75 Å². The fraction of sp³-hybridized carbons (Fsp3) is 0.286. The van der Waals surface area contributed by atoms with Gasteiger partial charge in [0.05, 0.1) is 11.5 Å². The fourth-order valence-corrected chi connectivity index (χ4v) is 4.07. The molecule has 0 amide bonds. The SMILES string of the molecule is CCOc1ccc(/C=C/C(=O)c2ccc(S(=O)(=O)N(CC)CC)cc2)cc1. The number of ketones is 1. The molecular formula is C21H25NO4S.